The zero-order valence-electron chi connectivity index (χ0n) is 16.8. The van der Waals surface area contributed by atoms with E-state index >= 15 is 0 Å². The predicted molar refractivity (Wildman–Crippen MR) is 109 cm³/mol. The lowest BCUT2D eigenvalue weighted by atomic mass is 10.1. The molecule has 2 rings (SSSR count). The highest BCUT2D eigenvalue weighted by molar-refractivity contribution is 7.12. The zero-order chi connectivity index (χ0) is 20.8. The molecule has 1 heterocycles. The van der Waals surface area contributed by atoms with Crippen molar-refractivity contribution in [3.63, 3.8) is 0 Å². The molecule has 28 heavy (non-hydrogen) atoms. The number of anilines is 1. The number of carbonyl (C=O) groups excluding carboxylic acids is 3. The summed E-state index contributed by atoms with van der Waals surface area (Å²) in [5.41, 5.74) is 2.11. The van der Waals surface area contributed by atoms with Crippen LogP contribution in [-0.2, 0) is 14.3 Å². The van der Waals surface area contributed by atoms with Crippen molar-refractivity contribution in [2.45, 2.75) is 46.6 Å². The number of Topliss-reactive ketones (excluding diaryl/α,β-unsaturated/α-hetero) is 1. The molecule has 0 unspecified atom stereocenters. The molecule has 0 saturated heterocycles. The van der Waals surface area contributed by atoms with Crippen LogP contribution in [-0.4, -0.2) is 30.9 Å². The first-order chi connectivity index (χ1) is 13.2. The Balaban J connectivity index is 1.88. The SMILES string of the molecule is COc1ccc(C)cc1NC(=O)[C@H](C)OC(=O)CCC(=O)c1cc(C)sc1C. The van der Waals surface area contributed by atoms with Gasteiger partial charge in [-0.3, -0.25) is 14.4 Å². The van der Waals surface area contributed by atoms with Gasteiger partial charge < -0.3 is 14.8 Å². The third kappa shape index (κ3) is 5.66. The van der Waals surface area contributed by atoms with Gasteiger partial charge in [-0.25, -0.2) is 0 Å². The Kier molecular flexibility index (Phi) is 7.34. The van der Waals surface area contributed by atoms with E-state index in [-0.39, 0.29) is 18.6 Å². The van der Waals surface area contributed by atoms with E-state index < -0.39 is 18.0 Å². The van der Waals surface area contributed by atoms with Crippen LogP contribution in [0.2, 0.25) is 0 Å². The lowest BCUT2D eigenvalue weighted by Gasteiger charge is -2.15. The fourth-order valence-electron chi connectivity index (χ4n) is 2.72. The fraction of sp³-hybridized carbons (Fsp3) is 0.381. The van der Waals surface area contributed by atoms with Crippen molar-refractivity contribution in [2.24, 2.45) is 0 Å². The molecule has 0 fully saturated rings. The number of carbonyl (C=O) groups is 3. The molecule has 1 aromatic carbocycles. The van der Waals surface area contributed by atoms with E-state index in [1.54, 1.807) is 23.5 Å². The second-order valence-corrected chi connectivity index (χ2v) is 8.04. The molecule has 0 saturated carbocycles. The fourth-order valence-corrected chi connectivity index (χ4v) is 3.66. The van der Waals surface area contributed by atoms with Crippen LogP contribution in [0.15, 0.2) is 24.3 Å². The number of hydrogen-bond acceptors (Lipinski definition) is 6. The summed E-state index contributed by atoms with van der Waals surface area (Å²) >= 11 is 1.55. The molecular formula is C21H25NO5S. The van der Waals surface area contributed by atoms with Gasteiger partial charge in [0.15, 0.2) is 11.9 Å². The largest absolute Gasteiger partial charge is 0.495 e. The molecule has 6 nitrogen and oxygen atoms in total. The molecule has 1 N–H and O–H groups in total. The summed E-state index contributed by atoms with van der Waals surface area (Å²) in [6, 6.07) is 7.22. The second kappa shape index (κ2) is 9.50. The molecule has 1 aromatic heterocycles. The topological polar surface area (TPSA) is 81.7 Å². The van der Waals surface area contributed by atoms with Gasteiger partial charge >= 0.3 is 5.97 Å². The molecule has 1 atom stereocenters. The highest BCUT2D eigenvalue weighted by Gasteiger charge is 2.20. The number of thiophene rings is 1. The normalized spacial score (nSPS) is 11.6. The van der Waals surface area contributed by atoms with Crippen LogP contribution in [0.4, 0.5) is 5.69 Å². The number of amides is 1. The molecule has 150 valence electrons. The highest BCUT2D eigenvalue weighted by atomic mass is 32.1. The predicted octanol–water partition coefficient (Wildman–Crippen LogP) is 4.22. The van der Waals surface area contributed by atoms with Crippen LogP contribution < -0.4 is 10.1 Å². The second-order valence-electron chi connectivity index (χ2n) is 6.58. The summed E-state index contributed by atoms with van der Waals surface area (Å²) in [6.07, 6.45) is -1.01. The number of nitrogens with one attached hydrogen (secondary N) is 1. The van der Waals surface area contributed by atoms with E-state index in [0.717, 1.165) is 15.3 Å². The molecule has 0 spiro atoms. The lowest BCUT2D eigenvalue weighted by Crippen LogP contribution is -2.30. The number of aryl methyl sites for hydroxylation is 3. The molecule has 7 heteroatoms. The number of esters is 1. The van der Waals surface area contributed by atoms with E-state index in [1.807, 2.05) is 32.9 Å². The van der Waals surface area contributed by atoms with Crippen molar-refractivity contribution < 1.29 is 23.9 Å². The zero-order valence-corrected chi connectivity index (χ0v) is 17.6. The van der Waals surface area contributed by atoms with Gasteiger partial charge in [0.25, 0.3) is 5.91 Å². The van der Waals surface area contributed by atoms with Gasteiger partial charge in [0.2, 0.25) is 0 Å². The summed E-state index contributed by atoms with van der Waals surface area (Å²) in [6.45, 7) is 7.21. The van der Waals surface area contributed by atoms with Crippen LogP contribution in [0.25, 0.3) is 0 Å². The van der Waals surface area contributed by atoms with Crippen molar-refractivity contribution in [3.05, 3.63) is 45.1 Å². The third-order valence-electron chi connectivity index (χ3n) is 4.19. The monoisotopic (exact) mass is 403 g/mol. The molecule has 0 bridgehead atoms. The molecule has 0 aliphatic carbocycles. The summed E-state index contributed by atoms with van der Waals surface area (Å²) in [5, 5.41) is 2.70. The quantitative estimate of drug-likeness (QED) is 0.527. The lowest BCUT2D eigenvalue weighted by molar-refractivity contribution is -0.153. The minimum absolute atomic E-state index is 0.0515. The first kappa shape index (κ1) is 21.6. The maximum Gasteiger partial charge on any atom is 0.307 e. The van der Waals surface area contributed by atoms with Crippen molar-refractivity contribution in [1.82, 2.24) is 0 Å². The van der Waals surface area contributed by atoms with Gasteiger partial charge in [-0.1, -0.05) is 6.07 Å². The van der Waals surface area contributed by atoms with E-state index in [9.17, 15) is 14.4 Å². The molecule has 0 aliphatic heterocycles. The van der Waals surface area contributed by atoms with Gasteiger partial charge in [0.1, 0.15) is 5.75 Å². The van der Waals surface area contributed by atoms with Crippen LogP contribution in [0.3, 0.4) is 0 Å². The highest BCUT2D eigenvalue weighted by Crippen LogP contribution is 2.25. The van der Waals surface area contributed by atoms with Gasteiger partial charge in [-0.15, -0.1) is 11.3 Å². The average molecular weight is 404 g/mol. The van der Waals surface area contributed by atoms with Crippen LogP contribution in [0.1, 0.15) is 45.4 Å². The van der Waals surface area contributed by atoms with Crippen LogP contribution in [0.5, 0.6) is 5.75 Å². The van der Waals surface area contributed by atoms with E-state index in [2.05, 4.69) is 5.32 Å². The first-order valence-electron chi connectivity index (χ1n) is 8.96. The number of hydrogen-bond donors (Lipinski definition) is 1. The Bertz CT molecular complexity index is 887. The minimum Gasteiger partial charge on any atom is -0.495 e. The van der Waals surface area contributed by atoms with Gasteiger partial charge in [-0.05, 0) is 51.5 Å². The molecule has 0 radical (unpaired) electrons. The van der Waals surface area contributed by atoms with Crippen molar-refractivity contribution in [2.75, 3.05) is 12.4 Å². The Morgan fingerprint density at radius 2 is 1.82 bits per heavy atom. The number of benzene rings is 1. The van der Waals surface area contributed by atoms with Crippen molar-refractivity contribution >= 4 is 34.7 Å². The van der Waals surface area contributed by atoms with Gasteiger partial charge in [-0.2, -0.15) is 0 Å². The Morgan fingerprint density at radius 1 is 1.11 bits per heavy atom. The number of rotatable bonds is 8. The molecular weight excluding hydrogens is 378 g/mol. The number of methoxy groups -OCH3 is 1. The van der Waals surface area contributed by atoms with E-state index in [1.165, 1.54) is 14.0 Å². The maximum atomic E-state index is 12.3. The number of ether oxygens (including phenoxy) is 2. The van der Waals surface area contributed by atoms with Crippen molar-refractivity contribution in [3.8, 4) is 5.75 Å². The van der Waals surface area contributed by atoms with Crippen LogP contribution in [0, 0.1) is 20.8 Å². The molecule has 0 aliphatic rings. The smallest absolute Gasteiger partial charge is 0.307 e. The van der Waals surface area contributed by atoms with Crippen molar-refractivity contribution in [1.29, 1.82) is 0 Å². The molecule has 2 aromatic rings. The summed E-state index contributed by atoms with van der Waals surface area (Å²) < 4.78 is 10.4. The Labute approximate surface area is 168 Å². The van der Waals surface area contributed by atoms with E-state index in [0.29, 0.717) is 17.0 Å². The number of ketones is 1. The third-order valence-corrected chi connectivity index (χ3v) is 5.15. The molecule has 1 amide bonds. The summed E-state index contributed by atoms with van der Waals surface area (Å²) in [7, 11) is 1.51. The maximum absolute atomic E-state index is 12.3. The Hall–Kier alpha value is -2.67. The van der Waals surface area contributed by atoms with E-state index in [4.69, 9.17) is 9.47 Å². The first-order valence-corrected chi connectivity index (χ1v) is 9.78. The van der Waals surface area contributed by atoms with Gasteiger partial charge in [0.05, 0.1) is 19.2 Å². The van der Waals surface area contributed by atoms with Crippen LogP contribution >= 0.6 is 11.3 Å². The Morgan fingerprint density at radius 3 is 2.43 bits per heavy atom. The summed E-state index contributed by atoms with van der Waals surface area (Å²) in [5.74, 6) is -0.630. The minimum atomic E-state index is -0.988. The standard InChI is InChI=1S/C21H25NO5S/c1-12-6-8-19(26-5)17(10-12)22-21(25)14(3)27-20(24)9-7-18(23)16-11-13(2)28-15(16)4/h6,8,10-11,14H,7,9H2,1-5H3,(H,22,25)/t14-/m0/s1. The summed E-state index contributed by atoms with van der Waals surface area (Å²) in [4.78, 5) is 38.6. The van der Waals surface area contributed by atoms with Gasteiger partial charge in [0, 0.05) is 21.7 Å². The average Bonchev–Trinajstić information content (AvgIpc) is 2.98.